The predicted molar refractivity (Wildman–Crippen MR) is 89.3 cm³/mol. The molecule has 2 nitrogen and oxygen atoms in total. The van der Waals surface area contributed by atoms with Crippen molar-refractivity contribution in [2.45, 2.75) is 13.0 Å². The van der Waals surface area contributed by atoms with E-state index in [1.165, 1.54) is 18.2 Å². The van der Waals surface area contributed by atoms with E-state index in [1.807, 2.05) is 60.7 Å². The lowest BCUT2D eigenvalue weighted by Gasteiger charge is -2.15. The average Bonchev–Trinajstić information content (AvgIpc) is 2.61. The lowest BCUT2D eigenvalue weighted by atomic mass is 10.0. The van der Waals surface area contributed by atoms with Gasteiger partial charge in [0.2, 0.25) is 0 Å². The second-order valence-electron chi connectivity index (χ2n) is 5.35. The third-order valence-electron chi connectivity index (χ3n) is 3.51. The lowest BCUT2D eigenvalue weighted by molar-refractivity contribution is -0.274. The summed E-state index contributed by atoms with van der Waals surface area (Å²) in [4.78, 5) is 0. The Morgan fingerprint density at radius 2 is 1.40 bits per heavy atom. The molecule has 0 bridgehead atoms. The molecule has 0 saturated carbocycles. The van der Waals surface area contributed by atoms with Crippen LogP contribution in [-0.2, 0) is 6.61 Å². The maximum absolute atomic E-state index is 12.5. The third kappa shape index (κ3) is 4.76. The molecule has 0 heterocycles. The SMILES string of the molecule is FC(F)(F)Oc1ccc(OCc2ccccc2)c(-c2ccccc2)c1. The van der Waals surface area contributed by atoms with E-state index in [-0.39, 0.29) is 5.75 Å². The van der Waals surface area contributed by atoms with Crippen LogP contribution in [-0.4, -0.2) is 6.36 Å². The highest BCUT2D eigenvalue weighted by molar-refractivity contribution is 5.72. The largest absolute Gasteiger partial charge is 0.573 e. The van der Waals surface area contributed by atoms with E-state index in [0.29, 0.717) is 17.9 Å². The molecule has 0 aliphatic heterocycles. The van der Waals surface area contributed by atoms with Crippen molar-refractivity contribution in [3.63, 3.8) is 0 Å². The Morgan fingerprint density at radius 3 is 2.04 bits per heavy atom. The van der Waals surface area contributed by atoms with Crippen LogP contribution in [0.25, 0.3) is 11.1 Å². The van der Waals surface area contributed by atoms with E-state index in [1.54, 1.807) is 0 Å². The Balaban J connectivity index is 1.91. The molecule has 5 heteroatoms. The molecule has 3 aromatic rings. The first kappa shape index (κ1) is 16.9. The van der Waals surface area contributed by atoms with Crippen LogP contribution in [0, 0.1) is 0 Å². The minimum Gasteiger partial charge on any atom is -0.488 e. The van der Waals surface area contributed by atoms with Crippen molar-refractivity contribution in [2.75, 3.05) is 0 Å². The van der Waals surface area contributed by atoms with Crippen LogP contribution in [0.2, 0.25) is 0 Å². The van der Waals surface area contributed by atoms with Crippen LogP contribution in [0.4, 0.5) is 13.2 Å². The average molecular weight is 344 g/mol. The minimum absolute atomic E-state index is 0.279. The molecular formula is C20H15F3O2. The van der Waals surface area contributed by atoms with Crippen molar-refractivity contribution in [1.29, 1.82) is 0 Å². The molecule has 0 spiro atoms. The summed E-state index contributed by atoms with van der Waals surface area (Å²) < 4.78 is 47.3. The molecule has 0 N–H and O–H groups in total. The van der Waals surface area contributed by atoms with Gasteiger partial charge in [-0.25, -0.2) is 0 Å². The number of rotatable bonds is 5. The van der Waals surface area contributed by atoms with Crippen LogP contribution in [0.5, 0.6) is 11.5 Å². The zero-order valence-electron chi connectivity index (χ0n) is 13.2. The fourth-order valence-electron chi connectivity index (χ4n) is 2.41. The summed E-state index contributed by atoms with van der Waals surface area (Å²) in [5.74, 6) is 0.211. The molecule has 0 saturated heterocycles. The highest BCUT2D eigenvalue weighted by atomic mass is 19.4. The van der Waals surface area contributed by atoms with Gasteiger partial charge in [0.05, 0.1) is 0 Å². The summed E-state index contributed by atoms with van der Waals surface area (Å²) >= 11 is 0. The van der Waals surface area contributed by atoms with Gasteiger partial charge < -0.3 is 9.47 Å². The van der Waals surface area contributed by atoms with Gasteiger partial charge in [0.1, 0.15) is 18.1 Å². The third-order valence-corrected chi connectivity index (χ3v) is 3.51. The Kier molecular flexibility index (Phi) is 4.93. The maximum Gasteiger partial charge on any atom is 0.573 e. The van der Waals surface area contributed by atoms with Gasteiger partial charge in [-0.3, -0.25) is 0 Å². The van der Waals surface area contributed by atoms with E-state index >= 15 is 0 Å². The van der Waals surface area contributed by atoms with Crippen molar-refractivity contribution in [3.05, 3.63) is 84.4 Å². The molecule has 0 amide bonds. The van der Waals surface area contributed by atoms with E-state index in [4.69, 9.17) is 4.74 Å². The van der Waals surface area contributed by atoms with Crippen LogP contribution in [0.1, 0.15) is 5.56 Å². The smallest absolute Gasteiger partial charge is 0.488 e. The Labute approximate surface area is 143 Å². The van der Waals surface area contributed by atoms with Gasteiger partial charge in [-0.05, 0) is 29.3 Å². The van der Waals surface area contributed by atoms with Gasteiger partial charge in [-0.2, -0.15) is 0 Å². The van der Waals surface area contributed by atoms with E-state index in [9.17, 15) is 13.2 Å². The number of benzene rings is 3. The van der Waals surface area contributed by atoms with Crippen LogP contribution in [0.15, 0.2) is 78.9 Å². The van der Waals surface area contributed by atoms with E-state index < -0.39 is 6.36 Å². The first-order valence-electron chi connectivity index (χ1n) is 7.63. The summed E-state index contributed by atoms with van der Waals surface area (Å²) in [6.07, 6.45) is -4.74. The Hall–Kier alpha value is -2.95. The van der Waals surface area contributed by atoms with Crippen molar-refractivity contribution in [1.82, 2.24) is 0 Å². The molecule has 0 atom stereocenters. The summed E-state index contributed by atoms with van der Waals surface area (Å²) in [6.45, 7) is 0.320. The van der Waals surface area contributed by atoms with Crippen LogP contribution >= 0.6 is 0 Å². The topological polar surface area (TPSA) is 18.5 Å². The maximum atomic E-state index is 12.5. The summed E-state index contributed by atoms with van der Waals surface area (Å²) in [5, 5.41) is 0. The molecule has 0 aliphatic rings. The molecule has 0 aromatic heterocycles. The van der Waals surface area contributed by atoms with Crippen LogP contribution in [0.3, 0.4) is 0 Å². The van der Waals surface area contributed by atoms with E-state index in [0.717, 1.165) is 11.1 Å². The van der Waals surface area contributed by atoms with Crippen LogP contribution < -0.4 is 9.47 Å². The van der Waals surface area contributed by atoms with Crippen molar-refractivity contribution < 1.29 is 22.6 Å². The zero-order chi connectivity index (χ0) is 17.7. The van der Waals surface area contributed by atoms with Crippen molar-refractivity contribution in [2.24, 2.45) is 0 Å². The van der Waals surface area contributed by atoms with Gasteiger partial charge in [-0.15, -0.1) is 13.2 Å². The fourth-order valence-corrected chi connectivity index (χ4v) is 2.41. The van der Waals surface area contributed by atoms with Crippen molar-refractivity contribution in [3.8, 4) is 22.6 Å². The highest BCUT2D eigenvalue weighted by Gasteiger charge is 2.31. The van der Waals surface area contributed by atoms with Crippen molar-refractivity contribution >= 4 is 0 Å². The molecule has 3 aromatic carbocycles. The predicted octanol–water partition coefficient (Wildman–Crippen LogP) is 5.83. The van der Waals surface area contributed by atoms with Gasteiger partial charge in [0.15, 0.2) is 0 Å². The van der Waals surface area contributed by atoms with E-state index in [2.05, 4.69) is 4.74 Å². The van der Waals surface area contributed by atoms with Gasteiger partial charge in [0.25, 0.3) is 0 Å². The Morgan fingerprint density at radius 1 is 0.760 bits per heavy atom. The molecule has 0 radical (unpaired) electrons. The highest BCUT2D eigenvalue weighted by Crippen LogP contribution is 2.35. The number of alkyl halides is 3. The molecule has 3 rings (SSSR count). The standard InChI is InChI=1S/C20H15F3O2/c21-20(22,23)25-17-11-12-19(24-14-15-7-3-1-4-8-15)18(13-17)16-9-5-2-6-10-16/h1-13H,14H2. The normalized spacial score (nSPS) is 11.2. The number of hydrogen-bond donors (Lipinski definition) is 0. The lowest BCUT2D eigenvalue weighted by Crippen LogP contribution is -2.17. The monoisotopic (exact) mass is 344 g/mol. The summed E-state index contributed by atoms with van der Waals surface area (Å²) in [6, 6.07) is 22.7. The molecule has 0 unspecified atom stereocenters. The van der Waals surface area contributed by atoms with Gasteiger partial charge in [-0.1, -0.05) is 60.7 Å². The first-order valence-corrected chi connectivity index (χ1v) is 7.63. The molecule has 25 heavy (non-hydrogen) atoms. The van der Waals surface area contributed by atoms with Gasteiger partial charge in [0, 0.05) is 5.56 Å². The molecule has 0 fully saturated rings. The second-order valence-corrected chi connectivity index (χ2v) is 5.35. The summed E-state index contributed by atoms with van der Waals surface area (Å²) in [5.41, 5.74) is 2.26. The second kappa shape index (κ2) is 7.30. The number of ether oxygens (including phenoxy) is 2. The van der Waals surface area contributed by atoms with Gasteiger partial charge >= 0.3 is 6.36 Å². The fraction of sp³-hybridized carbons (Fsp3) is 0.100. The summed E-state index contributed by atoms with van der Waals surface area (Å²) in [7, 11) is 0. The molecule has 0 aliphatic carbocycles. The number of halogens is 3. The first-order chi connectivity index (χ1) is 12.0. The molecule has 128 valence electrons. The zero-order valence-corrected chi connectivity index (χ0v) is 13.2. The number of hydrogen-bond acceptors (Lipinski definition) is 2. The Bertz CT molecular complexity index is 815. The quantitative estimate of drug-likeness (QED) is 0.580. The molecular weight excluding hydrogens is 329 g/mol. The minimum atomic E-state index is -4.74.